The van der Waals surface area contributed by atoms with Crippen LogP contribution in [-0.4, -0.2) is 63.4 Å². The molecule has 2 fully saturated rings. The molecule has 0 radical (unpaired) electrons. The number of piperidine rings is 1. The minimum Gasteiger partial charge on any atom is -0.316 e. The highest BCUT2D eigenvalue weighted by Gasteiger charge is 2.31. The van der Waals surface area contributed by atoms with Crippen molar-refractivity contribution < 1.29 is 8.42 Å². The van der Waals surface area contributed by atoms with Crippen LogP contribution in [0.4, 0.5) is 0 Å². The normalized spacial score (nSPS) is 24.2. The van der Waals surface area contributed by atoms with Gasteiger partial charge in [0.15, 0.2) is 0 Å². The smallest absolute Gasteiger partial charge is 0.244 e. The van der Waals surface area contributed by atoms with E-state index in [1.807, 2.05) is 0 Å². The van der Waals surface area contributed by atoms with Crippen LogP contribution >= 0.6 is 23.2 Å². The molecule has 0 aliphatic carbocycles. The number of hydrogen-bond donors (Lipinski definition) is 1. The highest BCUT2D eigenvalue weighted by Crippen LogP contribution is 2.28. The van der Waals surface area contributed by atoms with Crippen LogP contribution in [0.5, 0.6) is 0 Å². The Balaban J connectivity index is 1.62. The topological polar surface area (TPSA) is 52.7 Å². The number of halogens is 2. The van der Waals surface area contributed by atoms with Crippen molar-refractivity contribution in [3.05, 3.63) is 28.2 Å². The van der Waals surface area contributed by atoms with E-state index >= 15 is 0 Å². The second-order valence-corrected chi connectivity index (χ2v) is 9.24. The average Bonchev–Trinajstić information content (AvgIpc) is 2.58. The van der Waals surface area contributed by atoms with E-state index in [0.29, 0.717) is 24.0 Å². The number of benzene rings is 1. The van der Waals surface area contributed by atoms with Gasteiger partial charge in [0.1, 0.15) is 4.90 Å². The molecule has 8 heteroatoms. The van der Waals surface area contributed by atoms with Gasteiger partial charge in [0, 0.05) is 37.7 Å². The maximum Gasteiger partial charge on any atom is 0.244 e. The fourth-order valence-electron chi connectivity index (χ4n) is 3.41. The predicted octanol–water partition coefficient (Wildman–Crippen LogP) is 2.30. The largest absolute Gasteiger partial charge is 0.316 e. The third-order valence-electron chi connectivity index (χ3n) is 4.76. The van der Waals surface area contributed by atoms with Gasteiger partial charge in [-0.05, 0) is 50.0 Å². The Morgan fingerprint density at radius 1 is 1.17 bits per heavy atom. The summed E-state index contributed by atoms with van der Waals surface area (Å²) in [5, 5.41) is 4.02. The third-order valence-corrected chi connectivity index (χ3v) is 7.37. The lowest BCUT2D eigenvalue weighted by Crippen LogP contribution is -2.50. The van der Waals surface area contributed by atoms with Gasteiger partial charge in [0.05, 0.1) is 5.02 Å². The van der Waals surface area contributed by atoms with Crippen molar-refractivity contribution in [2.75, 3.05) is 45.8 Å². The lowest BCUT2D eigenvalue weighted by molar-refractivity contribution is 0.154. The summed E-state index contributed by atoms with van der Waals surface area (Å²) in [5.41, 5.74) is 0. The molecule has 2 saturated heterocycles. The van der Waals surface area contributed by atoms with Crippen LogP contribution in [0.25, 0.3) is 0 Å². The van der Waals surface area contributed by atoms with Crippen molar-refractivity contribution in [2.45, 2.75) is 17.7 Å². The van der Waals surface area contributed by atoms with Crippen molar-refractivity contribution in [3.63, 3.8) is 0 Å². The summed E-state index contributed by atoms with van der Waals surface area (Å²) in [6, 6.07) is 4.56. The summed E-state index contributed by atoms with van der Waals surface area (Å²) in [4.78, 5) is 2.46. The minimum absolute atomic E-state index is 0.0987. The van der Waals surface area contributed by atoms with Crippen LogP contribution in [0.15, 0.2) is 23.1 Å². The Morgan fingerprint density at radius 2 is 1.92 bits per heavy atom. The van der Waals surface area contributed by atoms with E-state index in [4.69, 9.17) is 23.2 Å². The number of nitrogens with one attached hydrogen (secondary N) is 1. The molecule has 1 N–H and O–H groups in total. The molecule has 0 bridgehead atoms. The second kappa shape index (κ2) is 7.89. The van der Waals surface area contributed by atoms with Crippen LogP contribution in [0.1, 0.15) is 12.8 Å². The first-order valence-corrected chi connectivity index (χ1v) is 10.5. The van der Waals surface area contributed by atoms with Gasteiger partial charge in [-0.25, -0.2) is 8.42 Å². The van der Waals surface area contributed by atoms with E-state index in [-0.39, 0.29) is 9.92 Å². The molecule has 0 amide bonds. The van der Waals surface area contributed by atoms with Crippen molar-refractivity contribution in [1.82, 2.24) is 14.5 Å². The van der Waals surface area contributed by atoms with Gasteiger partial charge >= 0.3 is 0 Å². The van der Waals surface area contributed by atoms with Crippen LogP contribution < -0.4 is 5.32 Å². The monoisotopic (exact) mass is 391 g/mol. The lowest BCUT2D eigenvalue weighted by atomic mass is 9.99. The van der Waals surface area contributed by atoms with Crippen molar-refractivity contribution in [1.29, 1.82) is 0 Å². The SMILES string of the molecule is O=S(=O)(c1cc(Cl)ccc1Cl)N1CCN(CC2CCCNC2)CC1. The van der Waals surface area contributed by atoms with Gasteiger partial charge < -0.3 is 10.2 Å². The molecular formula is C16H23Cl2N3O2S. The molecule has 1 unspecified atom stereocenters. The van der Waals surface area contributed by atoms with E-state index in [0.717, 1.165) is 32.7 Å². The molecule has 0 saturated carbocycles. The Morgan fingerprint density at radius 3 is 2.58 bits per heavy atom. The van der Waals surface area contributed by atoms with Crippen LogP contribution in [-0.2, 0) is 10.0 Å². The molecule has 1 aromatic carbocycles. The lowest BCUT2D eigenvalue weighted by Gasteiger charge is -2.36. The van der Waals surface area contributed by atoms with E-state index in [1.165, 1.54) is 29.3 Å². The average molecular weight is 392 g/mol. The molecule has 1 atom stereocenters. The molecule has 5 nitrogen and oxygen atoms in total. The summed E-state index contributed by atoms with van der Waals surface area (Å²) in [5.74, 6) is 0.671. The predicted molar refractivity (Wildman–Crippen MR) is 97.3 cm³/mol. The Bertz CT molecular complexity index is 670. The standard InChI is InChI=1S/C16H23Cl2N3O2S/c17-14-3-4-15(18)16(10-14)24(22,23)21-8-6-20(7-9-21)12-13-2-1-5-19-11-13/h3-4,10,13,19H,1-2,5-9,11-12H2. The van der Waals surface area contributed by atoms with Gasteiger partial charge in [0.2, 0.25) is 10.0 Å². The summed E-state index contributed by atoms with van der Waals surface area (Å²) >= 11 is 12.0. The number of rotatable bonds is 4. The van der Waals surface area contributed by atoms with Crippen molar-refractivity contribution in [2.24, 2.45) is 5.92 Å². The van der Waals surface area contributed by atoms with Crippen LogP contribution in [0.3, 0.4) is 0 Å². The fourth-order valence-corrected chi connectivity index (χ4v) is 5.57. The Hall–Kier alpha value is -0.370. The molecule has 2 aliphatic heterocycles. The molecule has 2 heterocycles. The number of nitrogens with zero attached hydrogens (tertiary/aromatic N) is 2. The van der Waals surface area contributed by atoms with Gasteiger partial charge in [-0.2, -0.15) is 4.31 Å². The molecule has 2 aliphatic rings. The quantitative estimate of drug-likeness (QED) is 0.855. The number of piperazine rings is 1. The zero-order chi connectivity index (χ0) is 17.2. The first-order valence-electron chi connectivity index (χ1n) is 8.35. The zero-order valence-electron chi connectivity index (χ0n) is 13.5. The molecule has 134 valence electrons. The molecule has 1 aromatic rings. The first-order chi connectivity index (χ1) is 11.5. The van der Waals surface area contributed by atoms with E-state index < -0.39 is 10.0 Å². The fraction of sp³-hybridized carbons (Fsp3) is 0.625. The van der Waals surface area contributed by atoms with E-state index in [2.05, 4.69) is 10.2 Å². The van der Waals surface area contributed by atoms with Gasteiger partial charge in [-0.1, -0.05) is 23.2 Å². The summed E-state index contributed by atoms with van der Waals surface area (Å²) in [6.07, 6.45) is 2.48. The number of hydrogen-bond acceptors (Lipinski definition) is 4. The Labute approximate surface area is 154 Å². The zero-order valence-corrected chi connectivity index (χ0v) is 15.9. The van der Waals surface area contributed by atoms with Crippen LogP contribution in [0.2, 0.25) is 10.0 Å². The summed E-state index contributed by atoms with van der Waals surface area (Å²) < 4.78 is 27.1. The maximum absolute atomic E-state index is 12.8. The second-order valence-electron chi connectivity index (χ2n) is 6.49. The molecular weight excluding hydrogens is 369 g/mol. The number of sulfonamides is 1. The summed E-state index contributed by atoms with van der Waals surface area (Å²) in [6.45, 7) is 5.72. The van der Waals surface area contributed by atoms with E-state index in [9.17, 15) is 8.42 Å². The Kier molecular flexibility index (Phi) is 6.06. The first kappa shape index (κ1) is 18.4. The third kappa shape index (κ3) is 4.23. The van der Waals surface area contributed by atoms with Crippen molar-refractivity contribution in [3.8, 4) is 0 Å². The minimum atomic E-state index is -3.59. The maximum atomic E-state index is 12.8. The van der Waals surface area contributed by atoms with Gasteiger partial charge in [-0.3, -0.25) is 0 Å². The molecule has 24 heavy (non-hydrogen) atoms. The van der Waals surface area contributed by atoms with Crippen LogP contribution in [0, 0.1) is 5.92 Å². The van der Waals surface area contributed by atoms with E-state index in [1.54, 1.807) is 6.07 Å². The van der Waals surface area contributed by atoms with Crippen molar-refractivity contribution >= 4 is 33.2 Å². The molecule has 0 spiro atoms. The van der Waals surface area contributed by atoms with Gasteiger partial charge in [-0.15, -0.1) is 0 Å². The highest BCUT2D eigenvalue weighted by atomic mass is 35.5. The highest BCUT2D eigenvalue weighted by molar-refractivity contribution is 7.89. The molecule has 0 aromatic heterocycles. The summed E-state index contributed by atoms with van der Waals surface area (Å²) in [7, 11) is -3.59. The van der Waals surface area contributed by atoms with Gasteiger partial charge in [0.25, 0.3) is 0 Å². The molecule has 3 rings (SSSR count).